The number of ether oxygens (including phenoxy) is 1. The lowest BCUT2D eigenvalue weighted by molar-refractivity contribution is 0.0992. The SMILES string of the molecule is COCc1cccc(C(=O)N(C)c2ccccc2-c2ccccc2)c1. The summed E-state index contributed by atoms with van der Waals surface area (Å²) in [4.78, 5) is 14.7. The van der Waals surface area contributed by atoms with Gasteiger partial charge >= 0.3 is 0 Å². The molecule has 0 saturated heterocycles. The Labute approximate surface area is 148 Å². The summed E-state index contributed by atoms with van der Waals surface area (Å²) in [6.07, 6.45) is 0. The van der Waals surface area contributed by atoms with Gasteiger partial charge in [-0.15, -0.1) is 0 Å². The monoisotopic (exact) mass is 331 g/mol. The van der Waals surface area contributed by atoms with Crippen LogP contribution in [0.25, 0.3) is 11.1 Å². The average Bonchev–Trinajstić information content (AvgIpc) is 2.68. The van der Waals surface area contributed by atoms with E-state index in [1.54, 1.807) is 12.0 Å². The molecule has 0 fully saturated rings. The molecule has 0 bridgehead atoms. The van der Waals surface area contributed by atoms with Crippen LogP contribution in [0.15, 0.2) is 78.9 Å². The Morgan fingerprint density at radius 3 is 2.40 bits per heavy atom. The average molecular weight is 331 g/mol. The number of amides is 1. The van der Waals surface area contributed by atoms with Crippen molar-refractivity contribution >= 4 is 11.6 Å². The second-order valence-corrected chi connectivity index (χ2v) is 5.88. The predicted octanol–water partition coefficient (Wildman–Crippen LogP) is 4.78. The summed E-state index contributed by atoms with van der Waals surface area (Å²) in [5, 5.41) is 0. The third-order valence-electron chi connectivity index (χ3n) is 4.14. The van der Waals surface area contributed by atoms with Crippen molar-refractivity contribution in [2.24, 2.45) is 0 Å². The molecular formula is C22H21NO2. The lowest BCUT2D eigenvalue weighted by Gasteiger charge is -2.21. The van der Waals surface area contributed by atoms with Gasteiger partial charge in [-0.05, 0) is 29.3 Å². The van der Waals surface area contributed by atoms with Crippen LogP contribution in [0.1, 0.15) is 15.9 Å². The Hall–Kier alpha value is -2.91. The number of nitrogens with zero attached hydrogens (tertiary/aromatic N) is 1. The summed E-state index contributed by atoms with van der Waals surface area (Å²) < 4.78 is 5.16. The van der Waals surface area contributed by atoms with E-state index < -0.39 is 0 Å². The number of carbonyl (C=O) groups excluding carboxylic acids is 1. The molecule has 1 amide bonds. The Bertz CT molecular complexity index is 859. The first-order chi connectivity index (χ1) is 12.2. The summed E-state index contributed by atoms with van der Waals surface area (Å²) in [5.41, 5.74) is 4.65. The van der Waals surface area contributed by atoms with Gasteiger partial charge in [-0.1, -0.05) is 60.7 Å². The van der Waals surface area contributed by atoms with Crippen molar-refractivity contribution < 1.29 is 9.53 Å². The van der Waals surface area contributed by atoms with Crippen LogP contribution in [0.2, 0.25) is 0 Å². The van der Waals surface area contributed by atoms with Gasteiger partial charge in [0.15, 0.2) is 0 Å². The van der Waals surface area contributed by atoms with Crippen LogP contribution in [-0.4, -0.2) is 20.1 Å². The number of hydrogen-bond donors (Lipinski definition) is 0. The highest BCUT2D eigenvalue weighted by Crippen LogP contribution is 2.30. The molecule has 3 aromatic carbocycles. The van der Waals surface area contributed by atoms with Crippen LogP contribution >= 0.6 is 0 Å². The van der Waals surface area contributed by atoms with Crippen molar-refractivity contribution in [2.45, 2.75) is 6.61 Å². The molecule has 3 aromatic rings. The Balaban J connectivity index is 1.95. The van der Waals surface area contributed by atoms with Crippen LogP contribution in [0.4, 0.5) is 5.69 Å². The number of methoxy groups -OCH3 is 1. The zero-order valence-corrected chi connectivity index (χ0v) is 14.5. The normalized spacial score (nSPS) is 10.5. The lowest BCUT2D eigenvalue weighted by Crippen LogP contribution is -2.26. The first-order valence-corrected chi connectivity index (χ1v) is 8.21. The Morgan fingerprint density at radius 1 is 0.920 bits per heavy atom. The zero-order valence-electron chi connectivity index (χ0n) is 14.5. The van der Waals surface area contributed by atoms with E-state index >= 15 is 0 Å². The minimum Gasteiger partial charge on any atom is -0.380 e. The van der Waals surface area contributed by atoms with Crippen molar-refractivity contribution in [1.29, 1.82) is 0 Å². The van der Waals surface area contributed by atoms with E-state index in [1.165, 1.54) is 0 Å². The summed E-state index contributed by atoms with van der Waals surface area (Å²) >= 11 is 0. The number of anilines is 1. The highest BCUT2D eigenvalue weighted by Gasteiger charge is 2.17. The highest BCUT2D eigenvalue weighted by molar-refractivity contribution is 6.07. The van der Waals surface area contributed by atoms with Crippen LogP contribution in [-0.2, 0) is 11.3 Å². The number of rotatable bonds is 5. The van der Waals surface area contributed by atoms with Crippen LogP contribution in [0.3, 0.4) is 0 Å². The molecule has 25 heavy (non-hydrogen) atoms. The van der Waals surface area contributed by atoms with Gasteiger partial charge < -0.3 is 9.64 Å². The van der Waals surface area contributed by atoms with Gasteiger partial charge in [0.25, 0.3) is 5.91 Å². The molecular weight excluding hydrogens is 310 g/mol. The summed E-state index contributed by atoms with van der Waals surface area (Å²) in [7, 11) is 3.46. The third kappa shape index (κ3) is 3.78. The predicted molar refractivity (Wildman–Crippen MR) is 102 cm³/mol. The standard InChI is InChI=1S/C22H21NO2/c1-23(22(24)19-12-8-9-17(15-19)16-25-2)21-14-7-6-13-20(21)18-10-4-3-5-11-18/h3-15H,16H2,1-2H3. The van der Waals surface area contributed by atoms with Crippen LogP contribution in [0.5, 0.6) is 0 Å². The molecule has 0 N–H and O–H groups in total. The maximum Gasteiger partial charge on any atom is 0.258 e. The van der Waals surface area contributed by atoms with Crippen molar-refractivity contribution in [3.05, 3.63) is 90.0 Å². The van der Waals surface area contributed by atoms with Crippen molar-refractivity contribution in [3.63, 3.8) is 0 Å². The molecule has 0 heterocycles. The van der Waals surface area contributed by atoms with Crippen LogP contribution < -0.4 is 4.90 Å². The Kier molecular flexibility index (Phi) is 5.26. The smallest absolute Gasteiger partial charge is 0.258 e. The first kappa shape index (κ1) is 16.9. The van der Waals surface area contributed by atoms with Crippen molar-refractivity contribution in [1.82, 2.24) is 0 Å². The molecule has 0 radical (unpaired) electrons. The number of para-hydroxylation sites is 1. The third-order valence-corrected chi connectivity index (χ3v) is 4.14. The van der Waals surface area contributed by atoms with Crippen LogP contribution in [0, 0.1) is 0 Å². The molecule has 126 valence electrons. The van der Waals surface area contributed by atoms with E-state index in [2.05, 4.69) is 12.1 Å². The molecule has 0 saturated carbocycles. The fourth-order valence-electron chi connectivity index (χ4n) is 2.89. The maximum absolute atomic E-state index is 13.0. The topological polar surface area (TPSA) is 29.5 Å². The van der Waals surface area contributed by atoms with Crippen molar-refractivity contribution in [3.8, 4) is 11.1 Å². The summed E-state index contributed by atoms with van der Waals surface area (Å²) in [5.74, 6) is -0.0404. The first-order valence-electron chi connectivity index (χ1n) is 8.21. The molecule has 0 aliphatic rings. The largest absolute Gasteiger partial charge is 0.380 e. The van der Waals surface area contributed by atoms with Gasteiger partial charge in [0, 0.05) is 25.3 Å². The van der Waals surface area contributed by atoms with Gasteiger partial charge in [0.2, 0.25) is 0 Å². The van der Waals surface area contributed by atoms with Gasteiger partial charge in [-0.3, -0.25) is 4.79 Å². The maximum atomic E-state index is 13.0. The fourth-order valence-corrected chi connectivity index (χ4v) is 2.89. The molecule has 0 aliphatic heterocycles. The van der Waals surface area contributed by atoms with Crippen molar-refractivity contribution in [2.75, 3.05) is 19.1 Å². The molecule has 3 heteroatoms. The van der Waals surface area contributed by atoms with Gasteiger partial charge in [-0.2, -0.15) is 0 Å². The summed E-state index contributed by atoms with van der Waals surface area (Å²) in [6.45, 7) is 0.492. The number of carbonyl (C=O) groups is 1. The van der Waals surface area contributed by atoms with E-state index in [4.69, 9.17) is 4.74 Å². The molecule has 0 spiro atoms. The van der Waals surface area contributed by atoms with E-state index in [0.29, 0.717) is 12.2 Å². The lowest BCUT2D eigenvalue weighted by atomic mass is 10.0. The number of hydrogen-bond acceptors (Lipinski definition) is 2. The molecule has 0 aromatic heterocycles. The zero-order chi connectivity index (χ0) is 17.6. The quantitative estimate of drug-likeness (QED) is 0.673. The highest BCUT2D eigenvalue weighted by atomic mass is 16.5. The van der Waals surface area contributed by atoms with Gasteiger partial charge in [-0.25, -0.2) is 0 Å². The van der Waals surface area contributed by atoms with E-state index in [0.717, 1.165) is 22.4 Å². The minimum absolute atomic E-state index is 0.0404. The second-order valence-electron chi connectivity index (χ2n) is 5.88. The molecule has 0 unspecified atom stereocenters. The van der Waals surface area contributed by atoms with E-state index in [9.17, 15) is 4.79 Å². The fraction of sp³-hybridized carbons (Fsp3) is 0.136. The molecule has 3 rings (SSSR count). The number of benzene rings is 3. The second kappa shape index (κ2) is 7.77. The molecule has 0 aliphatic carbocycles. The molecule has 0 atom stereocenters. The summed E-state index contributed by atoms with van der Waals surface area (Å²) in [6, 6.07) is 25.6. The van der Waals surface area contributed by atoms with E-state index in [-0.39, 0.29) is 5.91 Å². The van der Waals surface area contributed by atoms with Gasteiger partial charge in [0.1, 0.15) is 0 Å². The van der Waals surface area contributed by atoms with Gasteiger partial charge in [0.05, 0.1) is 12.3 Å². The van der Waals surface area contributed by atoms with E-state index in [1.807, 2.05) is 73.8 Å². The Morgan fingerprint density at radius 2 is 1.64 bits per heavy atom. The minimum atomic E-state index is -0.0404. The molecule has 3 nitrogen and oxygen atoms in total.